The quantitative estimate of drug-likeness (QED) is 0.798. The molecule has 14 heavy (non-hydrogen) atoms. The Balaban J connectivity index is 1.82. The van der Waals surface area contributed by atoms with E-state index in [1.165, 1.54) is 17.7 Å². The van der Waals surface area contributed by atoms with Gasteiger partial charge in [-0.1, -0.05) is 12.1 Å². The van der Waals surface area contributed by atoms with Gasteiger partial charge in [0.15, 0.2) is 0 Å². The molecule has 0 saturated carbocycles. The third kappa shape index (κ3) is 2.66. The summed E-state index contributed by atoms with van der Waals surface area (Å²) in [6, 6.07) is 7.50. The normalized spacial score (nSPS) is 21.3. The number of nitrogens with one attached hydrogen (secondary N) is 1. The molecule has 3 heteroatoms. The highest BCUT2D eigenvalue weighted by Crippen LogP contribution is 2.19. The van der Waals surface area contributed by atoms with Crippen LogP contribution in [-0.4, -0.2) is 22.8 Å². The standard InChI is InChI=1S/C11H15NOS/c13-10-4-1-9(2-5-10)3-6-11-12-7-8-14-11/h1-2,4-5,11-13H,3,6-8H2. The van der Waals surface area contributed by atoms with Crippen LogP contribution in [0.15, 0.2) is 24.3 Å². The molecule has 1 aliphatic heterocycles. The summed E-state index contributed by atoms with van der Waals surface area (Å²) in [5.74, 6) is 1.59. The summed E-state index contributed by atoms with van der Waals surface area (Å²) in [5.41, 5.74) is 1.30. The second-order valence-corrected chi connectivity index (χ2v) is 4.83. The van der Waals surface area contributed by atoms with Gasteiger partial charge in [0.1, 0.15) is 5.75 Å². The van der Waals surface area contributed by atoms with Crippen molar-refractivity contribution in [3.8, 4) is 5.75 Å². The number of aromatic hydroxyl groups is 1. The number of hydrogen-bond acceptors (Lipinski definition) is 3. The van der Waals surface area contributed by atoms with Gasteiger partial charge in [0, 0.05) is 12.3 Å². The van der Waals surface area contributed by atoms with Crippen molar-refractivity contribution in [1.29, 1.82) is 0 Å². The topological polar surface area (TPSA) is 32.3 Å². The predicted octanol–water partition coefficient (Wildman–Crippen LogP) is 1.99. The van der Waals surface area contributed by atoms with E-state index in [4.69, 9.17) is 5.11 Å². The minimum atomic E-state index is 0.349. The van der Waals surface area contributed by atoms with Gasteiger partial charge in [-0.05, 0) is 30.5 Å². The Kier molecular flexibility index (Phi) is 3.32. The van der Waals surface area contributed by atoms with Gasteiger partial charge in [-0.2, -0.15) is 0 Å². The molecule has 76 valence electrons. The van der Waals surface area contributed by atoms with Crippen LogP contribution in [0, 0.1) is 0 Å². The largest absolute Gasteiger partial charge is 0.508 e. The molecular weight excluding hydrogens is 194 g/mol. The van der Waals surface area contributed by atoms with Crippen LogP contribution in [0.1, 0.15) is 12.0 Å². The van der Waals surface area contributed by atoms with E-state index in [1.807, 2.05) is 23.9 Å². The van der Waals surface area contributed by atoms with Crippen LogP contribution < -0.4 is 5.32 Å². The Bertz CT molecular complexity index is 280. The van der Waals surface area contributed by atoms with Gasteiger partial charge in [-0.15, -0.1) is 11.8 Å². The minimum absolute atomic E-state index is 0.349. The molecule has 0 bridgehead atoms. The van der Waals surface area contributed by atoms with Crippen LogP contribution in [0.5, 0.6) is 5.75 Å². The molecule has 1 aliphatic rings. The first-order valence-electron chi connectivity index (χ1n) is 4.97. The van der Waals surface area contributed by atoms with E-state index in [1.54, 1.807) is 12.1 Å². The first-order valence-corrected chi connectivity index (χ1v) is 6.02. The van der Waals surface area contributed by atoms with Crippen LogP contribution in [0.4, 0.5) is 0 Å². The summed E-state index contributed by atoms with van der Waals surface area (Å²) in [5, 5.41) is 13.2. The van der Waals surface area contributed by atoms with Gasteiger partial charge in [0.05, 0.1) is 5.37 Å². The third-order valence-electron chi connectivity index (χ3n) is 2.42. The first-order chi connectivity index (χ1) is 6.84. The molecule has 2 nitrogen and oxygen atoms in total. The van der Waals surface area contributed by atoms with Crippen molar-refractivity contribution in [2.24, 2.45) is 0 Å². The molecule has 1 aromatic carbocycles. The molecule has 0 aliphatic carbocycles. The number of thioether (sulfide) groups is 1. The predicted molar refractivity (Wildman–Crippen MR) is 60.7 cm³/mol. The summed E-state index contributed by atoms with van der Waals surface area (Å²) in [4.78, 5) is 0. The summed E-state index contributed by atoms with van der Waals surface area (Å²) < 4.78 is 0. The monoisotopic (exact) mass is 209 g/mol. The fourth-order valence-corrected chi connectivity index (χ4v) is 2.67. The van der Waals surface area contributed by atoms with E-state index in [2.05, 4.69) is 5.32 Å². The van der Waals surface area contributed by atoms with Crippen molar-refractivity contribution in [3.05, 3.63) is 29.8 Å². The van der Waals surface area contributed by atoms with Crippen molar-refractivity contribution in [2.75, 3.05) is 12.3 Å². The summed E-state index contributed by atoms with van der Waals surface area (Å²) in [6.45, 7) is 1.14. The molecule has 1 unspecified atom stereocenters. The third-order valence-corrected chi connectivity index (χ3v) is 3.67. The second kappa shape index (κ2) is 4.71. The fraction of sp³-hybridized carbons (Fsp3) is 0.455. The zero-order chi connectivity index (χ0) is 9.80. The zero-order valence-electron chi connectivity index (χ0n) is 8.07. The Morgan fingerprint density at radius 3 is 2.79 bits per heavy atom. The van der Waals surface area contributed by atoms with Crippen LogP contribution in [-0.2, 0) is 6.42 Å². The molecule has 0 aromatic heterocycles. The van der Waals surface area contributed by atoms with Crippen LogP contribution >= 0.6 is 11.8 Å². The molecule has 1 heterocycles. The lowest BCUT2D eigenvalue weighted by Crippen LogP contribution is -2.19. The van der Waals surface area contributed by atoms with Crippen LogP contribution in [0.2, 0.25) is 0 Å². The SMILES string of the molecule is Oc1ccc(CCC2NCCS2)cc1. The Morgan fingerprint density at radius 1 is 1.36 bits per heavy atom. The smallest absolute Gasteiger partial charge is 0.115 e. The average Bonchev–Trinajstić information content (AvgIpc) is 2.70. The Hall–Kier alpha value is -0.670. The maximum Gasteiger partial charge on any atom is 0.115 e. The summed E-state index contributed by atoms with van der Waals surface area (Å²) >= 11 is 2.00. The summed E-state index contributed by atoms with van der Waals surface area (Å²) in [6.07, 6.45) is 2.26. The number of phenolic OH excluding ortho intramolecular Hbond substituents is 1. The van der Waals surface area contributed by atoms with Crippen molar-refractivity contribution >= 4 is 11.8 Å². The van der Waals surface area contributed by atoms with Crippen LogP contribution in [0.3, 0.4) is 0 Å². The minimum Gasteiger partial charge on any atom is -0.508 e. The van der Waals surface area contributed by atoms with E-state index in [-0.39, 0.29) is 0 Å². The average molecular weight is 209 g/mol. The van der Waals surface area contributed by atoms with E-state index < -0.39 is 0 Å². The second-order valence-electron chi connectivity index (χ2n) is 3.52. The molecular formula is C11H15NOS. The van der Waals surface area contributed by atoms with Crippen molar-refractivity contribution in [1.82, 2.24) is 5.32 Å². The molecule has 1 saturated heterocycles. The zero-order valence-corrected chi connectivity index (χ0v) is 8.89. The molecule has 2 N–H and O–H groups in total. The van der Waals surface area contributed by atoms with Crippen molar-refractivity contribution in [2.45, 2.75) is 18.2 Å². The number of benzene rings is 1. The Morgan fingerprint density at radius 2 is 2.14 bits per heavy atom. The molecule has 0 radical (unpaired) electrons. The van der Waals surface area contributed by atoms with Gasteiger partial charge >= 0.3 is 0 Å². The molecule has 0 amide bonds. The molecule has 2 rings (SSSR count). The fourth-order valence-electron chi connectivity index (χ4n) is 1.63. The Labute approximate surface area is 88.7 Å². The van der Waals surface area contributed by atoms with Crippen LogP contribution in [0.25, 0.3) is 0 Å². The van der Waals surface area contributed by atoms with E-state index in [0.717, 1.165) is 13.0 Å². The molecule has 0 spiro atoms. The molecule has 1 fully saturated rings. The van der Waals surface area contributed by atoms with Gasteiger partial charge in [0.25, 0.3) is 0 Å². The maximum absolute atomic E-state index is 9.12. The lowest BCUT2D eigenvalue weighted by molar-refractivity contribution is 0.475. The highest BCUT2D eigenvalue weighted by Gasteiger charge is 2.13. The summed E-state index contributed by atoms with van der Waals surface area (Å²) in [7, 11) is 0. The van der Waals surface area contributed by atoms with Gasteiger partial charge in [-0.25, -0.2) is 0 Å². The maximum atomic E-state index is 9.12. The lowest BCUT2D eigenvalue weighted by atomic mass is 10.1. The van der Waals surface area contributed by atoms with Gasteiger partial charge in [-0.3, -0.25) is 0 Å². The van der Waals surface area contributed by atoms with E-state index >= 15 is 0 Å². The number of phenols is 1. The number of rotatable bonds is 3. The highest BCUT2D eigenvalue weighted by molar-refractivity contribution is 8.00. The van der Waals surface area contributed by atoms with E-state index in [9.17, 15) is 0 Å². The molecule has 1 aromatic rings. The van der Waals surface area contributed by atoms with Gasteiger partial charge in [0.2, 0.25) is 0 Å². The van der Waals surface area contributed by atoms with Crippen molar-refractivity contribution < 1.29 is 5.11 Å². The first kappa shape index (κ1) is 9.87. The number of aryl methyl sites for hydroxylation is 1. The lowest BCUT2D eigenvalue weighted by Gasteiger charge is -2.08. The van der Waals surface area contributed by atoms with Crippen molar-refractivity contribution in [3.63, 3.8) is 0 Å². The number of hydrogen-bond donors (Lipinski definition) is 2. The van der Waals surface area contributed by atoms with Gasteiger partial charge < -0.3 is 10.4 Å². The molecule has 1 atom stereocenters. The highest BCUT2D eigenvalue weighted by atomic mass is 32.2. The van der Waals surface area contributed by atoms with E-state index in [0.29, 0.717) is 11.1 Å².